The molecule has 0 radical (unpaired) electrons. The molecule has 0 fully saturated rings. The van der Waals surface area contributed by atoms with Gasteiger partial charge in [0, 0.05) is 0 Å². The lowest BCUT2D eigenvalue weighted by molar-refractivity contribution is 0.476. The molecule has 1 atom stereocenters. The molecule has 0 saturated carbocycles. The van der Waals surface area contributed by atoms with Crippen LogP contribution in [0.5, 0.6) is 0 Å². The molecule has 3 heteroatoms. The van der Waals surface area contributed by atoms with E-state index >= 15 is 0 Å². The molecule has 0 aliphatic heterocycles. The Balaban J connectivity index is 2.04. The van der Waals surface area contributed by atoms with Crippen LogP contribution in [0.1, 0.15) is 11.1 Å². The molecule has 1 aromatic heterocycles. The minimum Gasteiger partial charge on any atom is -0.472 e. The fourth-order valence-electron chi connectivity index (χ4n) is 2.22. The Morgan fingerprint density at radius 3 is 2.72 bits per heavy atom. The lowest BCUT2D eigenvalue weighted by Crippen LogP contribution is -2.23. The SMILES string of the molecule is CNCC(Cc1ccoc1)Cc1ccccc1F. The molecule has 2 nitrogen and oxygen atoms in total. The summed E-state index contributed by atoms with van der Waals surface area (Å²) in [6.07, 6.45) is 5.06. The molecular weight excluding hydrogens is 229 g/mol. The highest BCUT2D eigenvalue weighted by atomic mass is 19.1. The Morgan fingerprint density at radius 1 is 1.22 bits per heavy atom. The molecule has 0 spiro atoms. The predicted molar refractivity (Wildman–Crippen MR) is 69.9 cm³/mol. The van der Waals surface area contributed by atoms with Gasteiger partial charge < -0.3 is 9.73 Å². The van der Waals surface area contributed by atoms with Gasteiger partial charge in [0.25, 0.3) is 0 Å². The van der Waals surface area contributed by atoms with Crippen LogP contribution in [-0.2, 0) is 12.8 Å². The Kier molecular flexibility index (Phi) is 4.53. The van der Waals surface area contributed by atoms with E-state index in [-0.39, 0.29) is 5.82 Å². The molecule has 1 heterocycles. The van der Waals surface area contributed by atoms with Crippen molar-refractivity contribution in [2.75, 3.05) is 13.6 Å². The first-order chi connectivity index (χ1) is 8.79. The second kappa shape index (κ2) is 6.36. The van der Waals surface area contributed by atoms with Gasteiger partial charge in [-0.1, -0.05) is 18.2 Å². The zero-order valence-electron chi connectivity index (χ0n) is 10.5. The van der Waals surface area contributed by atoms with Crippen molar-refractivity contribution in [2.45, 2.75) is 12.8 Å². The van der Waals surface area contributed by atoms with E-state index in [0.29, 0.717) is 5.92 Å². The third-order valence-corrected chi connectivity index (χ3v) is 3.06. The van der Waals surface area contributed by atoms with Crippen LogP contribution in [-0.4, -0.2) is 13.6 Å². The maximum atomic E-state index is 13.6. The van der Waals surface area contributed by atoms with E-state index in [2.05, 4.69) is 5.32 Å². The molecule has 1 aromatic carbocycles. The Morgan fingerprint density at radius 2 is 2.06 bits per heavy atom. The molecule has 1 unspecified atom stereocenters. The maximum absolute atomic E-state index is 13.6. The average Bonchev–Trinajstić information content (AvgIpc) is 2.85. The van der Waals surface area contributed by atoms with Crippen molar-refractivity contribution in [2.24, 2.45) is 5.92 Å². The zero-order chi connectivity index (χ0) is 12.8. The average molecular weight is 247 g/mol. The molecule has 0 aliphatic rings. The first kappa shape index (κ1) is 12.8. The highest BCUT2D eigenvalue weighted by Gasteiger charge is 2.13. The Bertz CT molecular complexity index is 467. The summed E-state index contributed by atoms with van der Waals surface area (Å²) in [6, 6.07) is 8.94. The van der Waals surface area contributed by atoms with Crippen molar-refractivity contribution in [3.05, 3.63) is 59.8 Å². The quantitative estimate of drug-likeness (QED) is 0.848. The highest BCUT2D eigenvalue weighted by molar-refractivity contribution is 5.18. The van der Waals surface area contributed by atoms with Crippen LogP contribution in [0.3, 0.4) is 0 Å². The number of hydrogen-bond acceptors (Lipinski definition) is 2. The van der Waals surface area contributed by atoms with Crippen LogP contribution in [0.15, 0.2) is 47.3 Å². The van der Waals surface area contributed by atoms with Crippen molar-refractivity contribution >= 4 is 0 Å². The highest BCUT2D eigenvalue weighted by Crippen LogP contribution is 2.17. The molecule has 0 aliphatic carbocycles. The molecule has 2 rings (SSSR count). The van der Waals surface area contributed by atoms with Crippen LogP contribution in [0.4, 0.5) is 4.39 Å². The van der Waals surface area contributed by atoms with E-state index in [4.69, 9.17) is 4.42 Å². The van der Waals surface area contributed by atoms with E-state index in [9.17, 15) is 4.39 Å². The number of nitrogens with one attached hydrogen (secondary N) is 1. The first-order valence-corrected chi connectivity index (χ1v) is 6.18. The molecular formula is C15H18FNO. The molecule has 18 heavy (non-hydrogen) atoms. The van der Waals surface area contributed by atoms with Gasteiger partial charge >= 0.3 is 0 Å². The van der Waals surface area contributed by atoms with Crippen LogP contribution in [0.25, 0.3) is 0 Å². The van der Waals surface area contributed by atoms with Crippen LogP contribution < -0.4 is 5.32 Å². The van der Waals surface area contributed by atoms with Gasteiger partial charge in [-0.2, -0.15) is 0 Å². The van der Waals surface area contributed by atoms with Gasteiger partial charge in [0.15, 0.2) is 0 Å². The summed E-state index contributed by atoms with van der Waals surface area (Å²) in [6.45, 7) is 0.861. The largest absolute Gasteiger partial charge is 0.472 e. The van der Waals surface area contributed by atoms with E-state index in [1.165, 1.54) is 6.07 Å². The van der Waals surface area contributed by atoms with Crippen molar-refractivity contribution in [3.63, 3.8) is 0 Å². The van der Waals surface area contributed by atoms with Crippen molar-refractivity contribution < 1.29 is 8.81 Å². The van der Waals surface area contributed by atoms with E-state index in [1.807, 2.05) is 25.2 Å². The van der Waals surface area contributed by atoms with Gasteiger partial charge in [-0.3, -0.25) is 0 Å². The van der Waals surface area contributed by atoms with Crippen LogP contribution in [0.2, 0.25) is 0 Å². The van der Waals surface area contributed by atoms with Crippen LogP contribution in [0, 0.1) is 11.7 Å². The van der Waals surface area contributed by atoms with E-state index in [1.54, 1.807) is 18.6 Å². The van der Waals surface area contributed by atoms with Crippen LogP contribution >= 0.6 is 0 Å². The van der Waals surface area contributed by atoms with Gasteiger partial charge in [0.05, 0.1) is 12.5 Å². The van der Waals surface area contributed by atoms with Gasteiger partial charge in [-0.15, -0.1) is 0 Å². The van der Waals surface area contributed by atoms with Crippen molar-refractivity contribution in [3.8, 4) is 0 Å². The minimum atomic E-state index is -0.120. The standard InChI is InChI=1S/C15H18FNO/c1-17-10-13(8-12-6-7-18-11-12)9-14-4-2-3-5-15(14)16/h2-7,11,13,17H,8-10H2,1H3. The molecule has 1 N–H and O–H groups in total. The molecule has 2 aromatic rings. The second-order valence-electron chi connectivity index (χ2n) is 4.55. The van der Waals surface area contributed by atoms with E-state index < -0.39 is 0 Å². The second-order valence-corrected chi connectivity index (χ2v) is 4.55. The summed E-state index contributed by atoms with van der Waals surface area (Å²) in [5, 5.41) is 3.17. The Labute approximate surface area is 107 Å². The monoisotopic (exact) mass is 247 g/mol. The molecule has 0 bridgehead atoms. The summed E-state index contributed by atoms with van der Waals surface area (Å²) >= 11 is 0. The van der Waals surface area contributed by atoms with Gasteiger partial charge in [0.2, 0.25) is 0 Å². The number of furan rings is 1. The Hall–Kier alpha value is -1.61. The number of rotatable bonds is 6. The summed E-state index contributed by atoms with van der Waals surface area (Å²) in [5.74, 6) is 0.246. The minimum absolute atomic E-state index is 0.120. The summed E-state index contributed by atoms with van der Waals surface area (Å²) < 4.78 is 18.7. The zero-order valence-corrected chi connectivity index (χ0v) is 10.5. The predicted octanol–water partition coefficient (Wildman–Crippen LogP) is 3.04. The first-order valence-electron chi connectivity index (χ1n) is 6.18. The number of hydrogen-bond donors (Lipinski definition) is 1. The summed E-state index contributed by atoms with van der Waals surface area (Å²) in [7, 11) is 1.92. The van der Waals surface area contributed by atoms with Crippen molar-refractivity contribution in [1.82, 2.24) is 5.32 Å². The number of halogens is 1. The molecule has 0 saturated heterocycles. The fraction of sp³-hybridized carbons (Fsp3) is 0.333. The summed E-state index contributed by atoms with van der Waals surface area (Å²) in [4.78, 5) is 0. The molecule has 96 valence electrons. The van der Waals surface area contributed by atoms with Crippen molar-refractivity contribution in [1.29, 1.82) is 0 Å². The van der Waals surface area contributed by atoms with Gasteiger partial charge in [0.1, 0.15) is 5.82 Å². The third-order valence-electron chi connectivity index (χ3n) is 3.06. The smallest absolute Gasteiger partial charge is 0.126 e. The van der Waals surface area contributed by atoms with E-state index in [0.717, 1.165) is 30.5 Å². The maximum Gasteiger partial charge on any atom is 0.126 e. The lowest BCUT2D eigenvalue weighted by Gasteiger charge is -2.16. The van der Waals surface area contributed by atoms with Gasteiger partial charge in [-0.25, -0.2) is 4.39 Å². The fourth-order valence-corrected chi connectivity index (χ4v) is 2.22. The van der Waals surface area contributed by atoms with Gasteiger partial charge in [-0.05, 0) is 55.6 Å². The molecule has 0 amide bonds. The topological polar surface area (TPSA) is 25.2 Å². The lowest BCUT2D eigenvalue weighted by atomic mass is 9.93. The normalized spacial score (nSPS) is 12.6. The number of benzene rings is 1. The third kappa shape index (κ3) is 3.44. The summed E-state index contributed by atoms with van der Waals surface area (Å²) in [5.41, 5.74) is 1.94.